The van der Waals surface area contributed by atoms with Gasteiger partial charge in [0.25, 0.3) is 0 Å². The second-order valence-electron chi connectivity index (χ2n) is 3.01. The number of allylic oxidation sites excluding steroid dienone is 1. The van der Waals surface area contributed by atoms with Crippen molar-refractivity contribution < 1.29 is 9.05 Å². The van der Waals surface area contributed by atoms with E-state index in [1.807, 2.05) is 24.3 Å². The molecule has 0 aromatic heterocycles. The second kappa shape index (κ2) is 2.72. The summed E-state index contributed by atoms with van der Waals surface area (Å²) in [6.45, 7) is 0. The summed E-state index contributed by atoms with van der Waals surface area (Å²) in [4.78, 5) is 6.81. The lowest BCUT2D eigenvalue weighted by Crippen LogP contribution is -2.09. The Hall–Kier alpha value is -1.55. The maximum absolute atomic E-state index is 11.9. The third-order valence-electron chi connectivity index (χ3n) is 2.22. The summed E-state index contributed by atoms with van der Waals surface area (Å²) in [5.74, 6) is 0.682. The molecule has 1 N–H and O–H groups in total. The zero-order valence-electron chi connectivity index (χ0n) is 7.19. The number of hydroxylamine groups is 1. The summed E-state index contributed by atoms with van der Waals surface area (Å²) < 4.78 is 11.9. The number of benzene rings is 1. The van der Waals surface area contributed by atoms with Crippen LogP contribution in [0, 0.1) is 0 Å². The van der Waals surface area contributed by atoms with E-state index in [0.29, 0.717) is 5.76 Å². The number of hydrogen-bond acceptors (Lipinski definition) is 3. The van der Waals surface area contributed by atoms with Crippen molar-refractivity contribution in [3.8, 4) is 0 Å². The van der Waals surface area contributed by atoms with Crippen LogP contribution in [0.15, 0.2) is 46.3 Å². The van der Waals surface area contributed by atoms with E-state index in [-0.39, 0.29) is 0 Å². The highest BCUT2D eigenvalue weighted by Gasteiger charge is 2.29. The third kappa shape index (κ3) is 0.886. The normalized spacial score (nSPS) is 22.4. The molecule has 1 aromatic carbocycles. The van der Waals surface area contributed by atoms with Crippen LogP contribution in [-0.2, 0) is 15.6 Å². The zero-order valence-corrected chi connectivity index (χ0v) is 8.01. The summed E-state index contributed by atoms with van der Waals surface area (Å²) in [5, 5.41) is 0. The van der Waals surface area contributed by atoms with Crippen LogP contribution < -0.4 is 5.48 Å². The molecule has 2 aliphatic rings. The smallest absolute Gasteiger partial charge is 0.179 e. The highest BCUT2D eigenvalue weighted by atomic mass is 32.2. The predicted molar refractivity (Wildman–Crippen MR) is 53.1 cm³/mol. The Morgan fingerprint density at radius 3 is 3.07 bits per heavy atom. The topological polar surface area (TPSA) is 38.3 Å². The Labute approximate surface area is 83.5 Å². The van der Waals surface area contributed by atoms with Gasteiger partial charge in [0.2, 0.25) is 0 Å². The van der Waals surface area contributed by atoms with E-state index in [2.05, 4.69) is 5.48 Å². The second-order valence-corrected chi connectivity index (χ2v) is 4.43. The van der Waals surface area contributed by atoms with Crippen molar-refractivity contribution in [2.45, 2.75) is 4.90 Å². The highest BCUT2D eigenvalue weighted by molar-refractivity contribution is 7.90. The Morgan fingerprint density at radius 1 is 1.29 bits per heavy atom. The molecular weight excluding hydrogens is 198 g/mol. The van der Waals surface area contributed by atoms with Gasteiger partial charge in [0.1, 0.15) is 0 Å². The van der Waals surface area contributed by atoms with Crippen molar-refractivity contribution in [3.05, 3.63) is 47.0 Å². The van der Waals surface area contributed by atoms with Gasteiger partial charge in [0.15, 0.2) is 5.76 Å². The fraction of sp³-hybridized carbons (Fsp3) is 0. The van der Waals surface area contributed by atoms with Gasteiger partial charge in [-0.15, -0.1) is 0 Å². The first-order chi connectivity index (χ1) is 6.88. The third-order valence-corrected chi connectivity index (χ3v) is 3.70. The van der Waals surface area contributed by atoms with Crippen molar-refractivity contribution in [2.24, 2.45) is 0 Å². The monoisotopic (exact) mass is 205 g/mol. The zero-order chi connectivity index (χ0) is 9.54. The average Bonchev–Trinajstić information content (AvgIpc) is 2.55. The van der Waals surface area contributed by atoms with E-state index < -0.39 is 10.8 Å². The Balaban J connectivity index is 2.28. The Bertz CT molecular complexity index is 491. The lowest BCUT2D eigenvalue weighted by atomic mass is 10.2. The van der Waals surface area contributed by atoms with E-state index in [0.717, 1.165) is 15.4 Å². The summed E-state index contributed by atoms with van der Waals surface area (Å²) in [7, 11) is -1.09. The van der Waals surface area contributed by atoms with Crippen LogP contribution in [-0.4, -0.2) is 4.21 Å². The number of nitrogens with one attached hydrogen (secondary N) is 1. The summed E-state index contributed by atoms with van der Waals surface area (Å²) >= 11 is 0. The first-order valence-electron chi connectivity index (χ1n) is 4.22. The van der Waals surface area contributed by atoms with Gasteiger partial charge in [-0.1, -0.05) is 12.1 Å². The molecule has 3 rings (SSSR count). The van der Waals surface area contributed by atoms with Crippen LogP contribution in [0.1, 0.15) is 5.56 Å². The Kier molecular flexibility index (Phi) is 1.52. The molecule has 3 nitrogen and oxygen atoms in total. The molecule has 0 spiro atoms. The molecule has 0 saturated carbocycles. The SMILES string of the molecule is O=S1C2=C(ONC=C2)c2ccccc21. The van der Waals surface area contributed by atoms with Gasteiger partial charge in [0, 0.05) is 11.8 Å². The van der Waals surface area contributed by atoms with E-state index in [4.69, 9.17) is 4.84 Å². The largest absolute Gasteiger partial charge is 0.381 e. The number of fused-ring (bicyclic) bond motifs is 2. The lowest BCUT2D eigenvalue weighted by Gasteiger charge is -2.10. The maximum atomic E-state index is 11.9. The molecular formula is C10H7NO2S. The lowest BCUT2D eigenvalue weighted by molar-refractivity contribution is 0.198. The van der Waals surface area contributed by atoms with Crippen LogP contribution in [0.3, 0.4) is 0 Å². The molecule has 0 radical (unpaired) electrons. The number of hydrogen-bond donors (Lipinski definition) is 1. The predicted octanol–water partition coefficient (Wildman–Crippen LogP) is 1.52. The van der Waals surface area contributed by atoms with Gasteiger partial charge in [-0.25, -0.2) is 9.69 Å². The van der Waals surface area contributed by atoms with Crippen molar-refractivity contribution in [3.63, 3.8) is 0 Å². The molecule has 0 amide bonds. The molecule has 4 heteroatoms. The molecule has 70 valence electrons. The quantitative estimate of drug-likeness (QED) is 0.698. The minimum absolute atomic E-state index is 0.682. The molecule has 14 heavy (non-hydrogen) atoms. The summed E-state index contributed by atoms with van der Waals surface area (Å²) in [6.07, 6.45) is 3.43. The molecule has 1 unspecified atom stereocenters. The molecule has 0 saturated heterocycles. The van der Waals surface area contributed by atoms with Crippen LogP contribution >= 0.6 is 0 Å². The average molecular weight is 205 g/mol. The van der Waals surface area contributed by atoms with Crippen molar-refractivity contribution in [2.75, 3.05) is 0 Å². The fourth-order valence-electron chi connectivity index (χ4n) is 1.60. The Morgan fingerprint density at radius 2 is 2.14 bits per heavy atom. The molecule has 0 aliphatic carbocycles. The maximum Gasteiger partial charge on any atom is 0.179 e. The molecule has 1 atom stereocenters. The van der Waals surface area contributed by atoms with Crippen LogP contribution in [0.5, 0.6) is 0 Å². The standard InChI is InChI=1S/C10H7NO2S/c12-14-8-4-2-1-3-7(8)10-9(14)5-6-11-13-10/h1-6,11H. The first-order valence-corrected chi connectivity index (χ1v) is 5.37. The van der Waals surface area contributed by atoms with Gasteiger partial charge >= 0.3 is 0 Å². The van der Waals surface area contributed by atoms with Gasteiger partial charge in [-0.05, 0) is 18.2 Å². The molecule has 2 heterocycles. The summed E-state index contributed by atoms with van der Waals surface area (Å²) in [5.41, 5.74) is 3.56. The highest BCUT2D eigenvalue weighted by Crippen LogP contribution is 2.37. The fourth-order valence-corrected chi connectivity index (χ4v) is 2.91. The van der Waals surface area contributed by atoms with Crippen molar-refractivity contribution in [1.82, 2.24) is 5.48 Å². The summed E-state index contributed by atoms with van der Waals surface area (Å²) in [6, 6.07) is 7.57. The molecule has 0 fully saturated rings. The number of rotatable bonds is 0. The van der Waals surface area contributed by atoms with Gasteiger partial charge in [-0.3, -0.25) is 0 Å². The minimum atomic E-state index is -1.09. The van der Waals surface area contributed by atoms with Crippen LogP contribution in [0.25, 0.3) is 5.76 Å². The molecule has 1 aromatic rings. The van der Waals surface area contributed by atoms with E-state index in [1.54, 1.807) is 12.3 Å². The van der Waals surface area contributed by atoms with E-state index >= 15 is 0 Å². The van der Waals surface area contributed by atoms with Gasteiger partial charge in [0.05, 0.1) is 20.6 Å². The molecule has 0 bridgehead atoms. The minimum Gasteiger partial charge on any atom is -0.381 e. The van der Waals surface area contributed by atoms with Gasteiger partial charge in [-0.2, -0.15) is 0 Å². The van der Waals surface area contributed by atoms with Crippen molar-refractivity contribution >= 4 is 16.6 Å². The molecule has 2 aliphatic heterocycles. The van der Waals surface area contributed by atoms with Gasteiger partial charge < -0.3 is 4.84 Å². The van der Waals surface area contributed by atoms with Crippen molar-refractivity contribution in [1.29, 1.82) is 0 Å². The first kappa shape index (κ1) is 7.82. The van der Waals surface area contributed by atoms with Crippen LogP contribution in [0.2, 0.25) is 0 Å². The van der Waals surface area contributed by atoms with E-state index in [1.165, 1.54) is 0 Å². The van der Waals surface area contributed by atoms with Crippen LogP contribution in [0.4, 0.5) is 0 Å². The van der Waals surface area contributed by atoms with E-state index in [9.17, 15) is 4.21 Å².